The van der Waals surface area contributed by atoms with Crippen LogP contribution in [0, 0.1) is 0 Å². The second-order valence-corrected chi connectivity index (χ2v) is 29.1. The summed E-state index contributed by atoms with van der Waals surface area (Å²) in [5, 5.41) is 15.2. The third kappa shape index (κ3) is 8.44. The fraction of sp³-hybridized carbons (Fsp3) is 0.0612. The first-order chi connectivity index (χ1) is 50.1. The summed E-state index contributed by atoms with van der Waals surface area (Å²) in [6.45, 7) is 9.47. The number of rotatable bonds is 6. The minimum atomic E-state index is -0.0672. The topological polar surface area (TPSA) is 19.7 Å². The van der Waals surface area contributed by atoms with Crippen molar-refractivity contribution in [2.75, 3.05) is 0 Å². The van der Waals surface area contributed by atoms with Crippen LogP contribution in [0.5, 0.6) is 0 Å². The van der Waals surface area contributed by atoms with Crippen LogP contribution in [-0.4, -0.2) is 18.3 Å². The number of para-hydroxylation sites is 4. The van der Waals surface area contributed by atoms with Crippen LogP contribution < -0.4 is 0 Å². The molecular formula is C98H68N4. The standard InChI is InChI=1S/2C49H34N2/c1-49(2)42-20-10-8-18-36(42)38-30-48-41(29-43(38)49)40-28-33(23-25-46(40)50(48)34-15-4-3-5-16-34)32-24-26-47-39(27-32)37-19-9-11-21-45(37)51(47)44-22-12-14-31-13-6-7-17-35(31)44;1-49(2)42-20-10-8-18-36(42)38-29-41-40-28-33(23-25-46(40)50(48(41)30-43(38)49)34-15-4-3-5-16-34)32-24-26-47-39(27-32)37-19-9-11-21-45(37)51(47)44-22-12-14-31-13-6-7-17-35(31)44/h2*3-30H,1-2H3. The number of hydrogen-bond donors (Lipinski definition) is 0. The van der Waals surface area contributed by atoms with Gasteiger partial charge in [-0.15, -0.1) is 0 Å². The van der Waals surface area contributed by atoms with Gasteiger partial charge in [0.25, 0.3) is 0 Å². The van der Waals surface area contributed by atoms with E-state index in [0.717, 1.165) is 0 Å². The van der Waals surface area contributed by atoms with E-state index in [1.54, 1.807) is 0 Å². The monoisotopic (exact) mass is 1300 g/mol. The van der Waals surface area contributed by atoms with Crippen LogP contribution in [0.1, 0.15) is 49.9 Å². The van der Waals surface area contributed by atoms with E-state index in [2.05, 4.69) is 386 Å². The van der Waals surface area contributed by atoms with Gasteiger partial charge in [0.2, 0.25) is 0 Å². The number of benzene rings is 16. The van der Waals surface area contributed by atoms with Gasteiger partial charge in [0.1, 0.15) is 0 Å². The summed E-state index contributed by atoms with van der Waals surface area (Å²) < 4.78 is 9.78. The Morgan fingerprint density at radius 1 is 0.186 bits per heavy atom. The fourth-order valence-electron chi connectivity index (χ4n) is 18.1. The van der Waals surface area contributed by atoms with Gasteiger partial charge in [-0.3, -0.25) is 0 Å². The molecule has 16 aromatic carbocycles. The molecule has 4 nitrogen and oxygen atoms in total. The number of hydrogen-bond acceptors (Lipinski definition) is 0. The molecule has 22 rings (SSSR count). The van der Waals surface area contributed by atoms with E-state index in [9.17, 15) is 0 Å². The van der Waals surface area contributed by atoms with Crippen molar-refractivity contribution in [3.8, 4) is 67.3 Å². The maximum absolute atomic E-state index is 2.48. The molecule has 20 aromatic rings. The molecule has 0 aliphatic heterocycles. The Kier molecular flexibility index (Phi) is 12.5. The van der Waals surface area contributed by atoms with Gasteiger partial charge in [0.05, 0.1) is 55.5 Å². The highest BCUT2D eigenvalue weighted by Gasteiger charge is 2.38. The quantitative estimate of drug-likeness (QED) is 0.158. The Labute approximate surface area is 591 Å². The van der Waals surface area contributed by atoms with E-state index in [4.69, 9.17) is 0 Å². The van der Waals surface area contributed by atoms with E-state index in [0.29, 0.717) is 0 Å². The molecule has 0 saturated heterocycles. The lowest BCUT2D eigenvalue weighted by Gasteiger charge is -2.21. The van der Waals surface area contributed by atoms with Crippen molar-refractivity contribution in [3.05, 3.63) is 362 Å². The van der Waals surface area contributed by atoms with Crippen LogP contribution in [0.4, 0.5) is 0 Å². The zero-order chi connectivity index (χ0) is 67.7. The van der Waals surface area contributed by atoms with Crippen molar-refractivity contribution in [2.24, 2.45) is 0 Å². The molecule has 4 heterocycles. The zero-order valence-electron chi connectivity index (χ0n) is 57.1. The van der Waals surface area contributed by atoms with Crippen molar-refractivity contribution < 1.29 is 0 Å². The van der Waals surface area contributed by atoms with Crippen molar-refractivity contribution in [1.82, 2.24) is 18.3 Å². The molecule has 0 fully saturated rings. The maximum atomic E-state index is 2.48. The molecule has 0 N–H and O–H groups in total. The van der Waals surface area contributed by atoms with Gasteiger partial charge in [-0.05, 0) is 199 Å². The fourth-order valence-corrected chi connectivity index (χ4v) is 18.1. The summed E-state index contributed by atoms with van der Waals surface area (Å²) in [5.74, 6) is 0. The summed E-state index contributed by atoms with van der Waals surface area (Å²) in [5.41, 5.74) is 30.3. The predicted octanol–water partition coefficient (Wildman–Crippen LogP) is 26.0. The molecule has 0 bridgehead atoms. The molecule has 0 radical (unpaired) electrons. The number of aromatic nitrogens is 4. The Morgan fingerprint density at radius 3 is 0.980 bits per heavy atom. The number of nitrogens with zero attached hydrogens (tertiary/aromatic N) is 4. The average Bonchev–Trinajstić information content (AvgIpc) is 1.56. The Morgan fingerprint density at radius 2 is 0.510 bits per heavy atom. The Bertz CT molecular complexity index is 6910. The first-order valence-electron chi connectivity index (χ1n) is 35.7. The molecule has 0 amide bonds. The second kappa shape index (κ2) is 21.9. The molecule has 4 aromatic heterocycles. The minimum Gasteiger partial charge on any atom is -0.309 e. The van der Waals surface area contributed by atoms with Gasteiger partial charge in [0.15, 0.2) is 0 Å². The number of fused-ring (bicyclic) bond motifs is 20. The molecule has 4 heteroatoms. The highest BCUT2D eigenvalue weighted by molar-refractivity contribution is 6.17. The van der Waals surface area contributed by atoms with Gasteiger partial charge in [0, 0.05) is 76.1 Å². The largest absolute Gasteiger partial charge is 0.309 e. The van der Waals surface area contributed by atoms with E-state index < -0.39 is 0 Å². The molecule has 102 heavy (non-hydrogen) atoms. The SMILES string of the molecule is CC1(C)c2ccccc2-c2cc3c(cc21)c1cc(-c2ccc4c(c2)c2ccccc2n4-c2cccc4ccccc24)ccc1n3-c1ccccc1.CC1(C)c2ccccc2-c2cc3c4cc(-c5ccc6c(c5)c5ccccc5n6-c5cccc6ccccc56)ccc4n(-c4ccccc4)c3cc21. The maximum Gasteiger partial charge on any atom is 0.0547 e. The van der Waals surface area contributed by atoms with Crippen molar-refractivity contribution >= 4 is 109 Å². The van der Waals surface area contributed by atoms with E-state index >= 15 is 0 Å². The highest BCUT2D eigenvalue weighted by Crippen LogP contribution is 2.54. The molecule has 0 atom stereocenters. The molecule has 0 spiro atoms. The molecule has 0 saturated carbocycles. The van der Waals surface area contributed by atoms with E-state index in [1.165, 1.54) is 198 Å². The van der Waals surface area contributed by atoms with Crippen molar-refractivity contribution in [3.63, 3.8) is 0 Å². The van der Waals surface area contributed by atoms with Crippen LogP contribution in [0.3, 0.4) is 0 Å². The summed E-state index contributed by atoms with van der Waals surface area (Å²) in [6.07, 6.45) is 0. The van der Waals surface area contributed by atoms with Crippen LogP contribution in [0.2, 0.25) is 0 Å². The summed E-state index contributed by atoms with van der Waals surface area (Å²) in [4.78, 5) is 0. The molecule has 0 unspecified atom stereocenters. The van der Waals surface area contributed by atoms with Crippen LogP contribution in [-0.2, 0) is 10.8 Å². The molecular weight excluding hydrogens is 1230 g/mol. The Hall–Kier alpha value is -12.8. The summed E-state index contributed by atoms with van der Waals surface area (Å²) in [7, 11) is 0. The summed E-state index contributed by atoms with van der Waals surface area (Å²) >= 11 is 0. The first kappa shape index (κ1) is 58.2. The zero-order valence-corrected chi connectivity index (χ0v) is 57.1. The van der Waals surface area contributed by atoms with E-state index in [1.807, 2.05) is 0 Å². The smallest absolute Gasteiger partial charge is 0.0547 e. The van der Waals surface area contributed by atoms with Crippen molar-refractivity contribution in [1.29, 1.82) is 0 Å². The molecule has 2 aliphatic rings. The lowest BCUT2D eigenvalue weighted by atomic mass is 9.82. The Balaban J connectivity index is 0.000000133. The van der Waals surface area contributed by atoms with Gasteiger partial charge in [-0.2, -0.15) is 0 Å². The third-order valence-corrected chi connectivity index (χ3v) is 23.0. The van der Waals surface area contributed by atoms with Crippen LogP contribution >= 0.6 is 0 Å². The van der Waals surface area contributed by atoms with Gasteiger partial charge in [-0.1, -0.05) is 246 Å². The second-order valence-electron chi connectivity index (χ2n) is 29.1. The first-order valence-corrected chi connectivity index (χ1v) is 35.7. The average molecular weight is 1300 g/mol. The molecule has 2 aliphatic carbocycles. The lowest BCUT2D eigenvalue weighted by molar-refractivity contribution is 0.661. The summed E-state index contributed by atoms with van der Waals surface area (Å²) in [6, 6.07) is 126. The van der Waals surface area contributed by atoms with Crippen molar-refractivity contribution in [2.45, 2.75) is 38.5 Å². The lowest BCUT2D eigenvalue weighted by Crippen LogP contribution is -2.14. The predicted molar refractivity (Wildman–Crippen MR) is 431 cm³/mol. The minimum absolute atomic E-state index is 0.0656. The highest BCUT2D eigenvalue weighted by atomic mass is 15.0. The van der Waals surface area contributed by atoms with E-state index in [-0.39, 0.29) is 10.8 Å². The third-order valence-electron chi connectivity index (χ3n) is 23.0. The molecule has 480 valence electrons. The normalized spacial score (nSPS) is 13.5. The van der Waals surface area contributed by atoms with Gasteiger partial charge in [-0.25, -0.2) is 0 Å². The van der Waals surface area contributed by atoms with Gasteiger partial charge >= 0.3 is 0 Å². The van der Waals surface area contributed by atoms with Crippen LogP contribution in [0.15, 0.2) is 340 Å². The van der Waals surface area contributed by atoms with Gasteiger partial charge < -0.3 is 18.3 Å². The van der Waals surface area contributed by atoms with Crippen LogP contribution in [0.25, 0.3) is 176 Å².